The Hall–Kier alpha value is -1.40. The van der Waals surface area contributed by atoms with Crippen molar-refractivity contribution in [2.24, 2.45) is 0 Å². The van der Waals surface area contributed by atoms with Crippen LogP contribution in [0, 0.1) is 0 Å². The monoisotopic (exact) mass is 263 g/mol. The second-order valence-corrected chi connectivity index (χ2v) is 5.58. The van der Waals surface area contributed by atoms with E-state index in [9.17, 15) is 4.79 Å². The highest BCUT2D eigenvalue weighted by Gasteiger charge is 2.32. The van der Waals surface area contributed by atoms with E-state index in [2.05, 4.69) is 34.2 Å². The van der Waals surface area contributed by atoms with Gasteiger partial charge in [-0.25, -0.2) is 4.98 Å². The molecule has 2 aliphatic heterocycles. The van der Waals surface area contributed by atoms with Crippen molar-refractivity contribution in [1.82, 2.24) is 25.1 Å². The molecule has 0 aliphatic carbocycles. The number of fused-ring (bicyclic) bond motifs is 1. The lowest BCUT2D eigenvalue weighted by molar-refractivity contribution is -0.136. The maximum atomic E-state index is 12.5. The molecule has 19 heavy (non-hydrogen) atoms. The number of piperazine rings is 1. The van der Waals surface area contributed by atoms with Crippen LogP contribution in [0.3, 0.4) is 0 Å². The van der Waals surface area contributed by atoms with E-state index in [0.717, 1.165) is 31.0 Å². The van der Waals surface area contributed by atoms with Gasteiger partial charge in [-0.15, -0.1) is 0 Å². The van der Waals surface area contributed by atoms with E-state index in [1.54, 1.807) is 6.33 Å². The predicted octanol–water partition coefficient (Wildman–Crippen LogP) is -0.413. The van der Waals surface area contributed by atoms with Gasteiger partial charge in [0.25, 0.3) is 0 Å². The van der Waals surface area contributed by atoms with E-state index >= 15 is 0 Å². The molecule has 0 spiro atoms. The van der Waals surface area contributed by atoms with Crippen LogP contribution >= 0.6 is 0 Å². The van der Waals surface area contributed by atoms with Crippen LogP contribution in [-0.4, -0.2) is 64.4 Å². The Balaban J connectivity index is 1.65. The van der Waals surface area contributed by atoms with Crippen molar-refractivity contribution in [3.05, 3.63) is 17.7 Å². The predicted molar refractivity (Wildman–Crippen MR) is 71.6 cm³/mol. The second-order valence-electron chi connectivity index (χ2n) is 5.58. The quantitative estimate of drug-likeness (QED) is 0.723. The van der Waals surface area contributed by atoms with Gasteiger partial charge in [-0.3, -0.25) is 10.1 Å². The fraction of sp³-hybridized carbons (Fsp3) is 0.692. The maximum absolute atomic E-state index is 12.5. The number of carbonyl (C=O) groups excluding carboxylic acids is 1. The third kappa shape index (κ3) is 2.37. The molecular formula is C13H21N5O. The van der Waals surface area contributed by atoms with Crippen LogP contribution in [0.15, 0.2) is 6.33 Å². The third-order valence-electron chi connectivity index (χ3n) is 4.30. The number of aromatic amines is 1. The molecule has 1 aromatic rings. The molecule has 3 rings (SSSR count). The first-order chi connectivity index (χ1) is 9.15. The van der Waals surface area contributed by atoms with Crippen molar-refractivity contribution in [3.63, 3.8) is 0 Å². The Labute approximate surface area is 113 Å². The summed E-state index contributed by atoms with van der Waals surface area (Å²) in [6, 6.07) is 0.314. The molecule has 2 aliphatic rings. The Kier molecular flexibility index (Phi) is 3.28. The van der Waals surface area contributed by atoms with Crippen molar-refractivity contribution in [2.75, 3.05) is 26.7 Å². The number of carbonyl (C=O) groups is 1. The lowest BCUT2D eigenvalue weighted by Gasteiger charge is -2.39. The normalized spacial score (nSPS) is 28.2. The molecular weight excluding hydrogens is 242 g/mol. The van der Waals surface area contributed by atoms with Gasteiger partial charge in [-0.2, -0.15) is 0 Å². The van der Waals surface area contributed by atoms with Gasteiger partial charge in [0.15, 0.2) is 0 Å². The van der Waals surface area contributed by atoms with Crippen LogP contribution in [0.25, 0.3) is 0 Å². The van der Waals surface area contributed by atoms with E-state index in [4.69, 9.17) is 0 Å². The lowest BCUT2D eigenvalue weighted by Crippen LogP contribution is -2.57. The number of hydrogen-bond acceptors (Lipinski definition) is 4. The second kappa shape index (κ2) is 4.94. The maximum Gasteiger partial charge on any atom is 0.240 e. The zero-order valence-corrected chi connectivity index (χ0v) is 11.5. The molecule has 3 heterocycles. The number of rotatable bonds is 1. The largest absolute Gasteiger partial charge is 0.347 e. The molecule has 2 N–H and O–H groups in total. The Morgan fingerprint density at radius 2 is 2.32 bits per heavy atom. The van der Waals surface area contributed by atoms with Crippen molar-refractivity contribution < 1.29 is 4.79 Å². The Morgan fingerprint density at radius 1 is 1.47 bits per heavy atom. The average Bonchev–Trinajstić information content (AvgIpc) is 2.88. The first-order valence-electron chi connectivity index (χ1n) is 6.88. The van der Waals surface area contributed by atoms with Crippen LogP contribution in [0.5, 0.6) is 0 Å². The van der Waals surface area contributed by atoms with E-state index in [-0.39, 0.29) is 11.9 Å². The van der Waals surface area contributed by atoms with Crippen molar-refractivity contribution in [1.29, 1.82) is 0 Å². The molecule has 2 unspecified atom stereocenters. The number of nitrogens with zero attached hydrogens (tertiary/aromatic N) is 3. The molecule has 104 valence electrons. The Bertz CT molecular complexity index is 471. The summed E-state index contributed by atoms with van der Waals surface area (Å²) in [7, 11) is 2.11. The number of H-pyrrole nitrogens is 1. The van der Waals surface area contributed by atoms with Crippen molar-refractivity contribution >= 4 is 5.91 Å². The summed E-state index contributed by atoms with van der Waals surface area (Å²) in [5.41, 5.74) is 2.13. The fourth-order valence-corrected chi connectivity index (χ4v) is 2.81. The number of aromatic nitrogens is 2. The van der Waals surface area contributed by atoms with Gasteiger partial charge in [-0.1, -0.05) is 0 Å². The summed E-state index contributed by atoms with van der Waals surface area (Å²) >= 11 is 0. The smallest absolute Gasteiger partial charge is 0.240 e. The van der Waals surface area contributed by atoms with Crippen LogP contribution < -0.4 is 5.32 Å². The molecule has 0 saturated carbocycles. The average molecular weight is 263 g/mol. The molecule has 0 radical (unpaired) electrons. The van der Waals surface area contributed by atoms with E-state index in [1.165, 1.54) is 0 Å². The number of hydrogen-bond donors (Lipinski definition) is 2. The summed E-state index contributed by atoms with van der Waals surface area (Å²) in [6.07, 6.45) is 2.40. The minimum atomic E-state index is -0.119. The molecule has 6 nitrogen and oxygen atoms in total. The van der Waals surface area contributed by atoms with Gasteiger partial charge in [-0.05, 0) is 14.0 Å². The minimum absolute atomic E-state index is 0.119. The van der Waals surface area contributed by atoms with E-state index in [1.807, 2.05) is 4.90 Å². The molecule has 1 aromatic heterocycles. The summed E-state index contributed by atoms with van der Waals surface area (Å²) in [4.78, 5) is 24.2. The first-order valence-corrected chi connectivity index (χ1v) is 6.88. The highest BCUT2D eigenvalue weighted by molar-refractivity contribution is 5.82. The first kappa shape index (κ1) is 12.6. The Morgan fingerprint density at radius 3 is 3.11 bits per heavy atom. The highest BCUT2D eigenvalue weighted by atomic mass is 16.2. The number of imidazole rings is 1. The van der Waals surface area contributed by atoms with Gasteiger partial charge in [0.05, 0.1) is 23.8 Å². The molecule has 0 aromatic carbocycles. The van der Waals surface area contributed by atoms with Gasteiger partial charge in [0, 0.05) is 38.6 Å². The molecule has 1 fully saturated rings. The summed E-state index contributed by atoms with van der Waals surface area (Å²) in [6.45, 7) is 5.47. The summed E-state index contributed by atoms with van der Waals surface area (Å²) in [5.74, 6) is 0.216. The van der Waals surface area contributed by atoms with Gasteiger partial charge in [0.2, 0.25) is 5.91 Å². The zero-order valence-electron chi connectivity index (χ0n) is 11.5. The minimum Gasteiger partial charge on any atom is -0.347 e. The van der Waals surface area contributed by atoms with E-state index < -0.39 is 0 Å². The highest BCUT2D eigenvalue weighted by Crippen LogP contribution is 2.15. The standard InChI is InChI=1S/C13H21N5O/c1-9-7-18(4-3-17(9)2)13(19)11-5-10-12(6-14-11)16-8-15-10/h8-9,11,14H,3-7H2,1-2H3,(H,15,16). The van der Waals surface area contributed by atoms with Crippen molar-refractivity contribution in [3.8, 4) is 0 Å². The van der Waals surface area contributed by atoms with Gasteiger partial charge >= 0.3 is 0 Å². The lowest BCUT2D eigenvalue weighted by atomic mass is 10.0. The number of amides is 1. The van der Waals surface area contributed by atoms with Crippen LogP contribution in [0.1, 0.15) is 18.3 Å². The molecule has 1 amide bonds. The molecule has 0 bridgehead atoms. The fourth-order valence-electron chi connectivity index (χ4n) is 2.81. The third-order valence-corrected chi connectivity index (χ3v) is 4.30. The van der Waals surface area contributed by atoms with Gasteiger partial charge in [0.1, 0.15) is 0 Å². The molecule has 1 saturated heterocycles. The number of likely N-dealkylation sites (N-methyl/N-ethyl adjacent to an activating group) is 1. The summed E-state index contributed by atoms with van der Waals surface area (Å²) < 4.78 is 0. The van der Waals surface area contributed by atoms with E-state index in [0.29, 0.717) is 19.0 Å². The van der Waals surface area contributed by atoms with Crippen LogP contribution in [-0.2, 0) is 17.8 Å². The number of nitrogens with one attached hydrogen (secondary N) is 2. The summed E-state index contributed by atoms with van der Waals surface area (Å²) in [5, 5.41) is 3.31. The van der Waals surface area contributed by atoms with Gasteiger partial charge < -0.3 is 14.8 Å². The van der Waals surface area contributed by atoms with Crippen LogP contribution in [0.2, 0.25) is 0 Å². The topological polar surface area (TPSA) is 64.3 Å². The van der Waals surface area contributed by atoms with Crippen LogP contribution in [0.4, 0.5) is 0 Å². The van der Waals surface area contributed by atoms with Crippen molar-refractivity contribution in [2.45, 2.75) is 32.0 Å². The molecule has 6 heteroatoms. The zero-order chi connectivity index (χ0) is 13.4. The molecule has 2 atom stereocenters. The SMILES string of the molecule is CC1CN(C(=O)C2Cc3nc[nH]c3CN2)CCN1C.